The van der Waals surface area contributed by atoms with Crippen LogP contribution in [0.25, 0.3) is 0 Å². The van der Waals surface area contributed by atoms with Gasteiger partial charge >= 0.3 is 0 Å². The Kier molecular flexibility index (Phi) is 3.77. The van der Waals surface area contributed by atoms with Gasteiger partial charge in [-0.3, -0.25) is 4.79 Å². The first-order valence-electron chi connectivity index (χ1n) is 5.83. The van der Waals surface area contributed by atoms with Crippen molar-refractivity contribution in [3.8, 4) is 0 Å². The van der Waals surface area contributed by atoms with Crippen molar-refractivity contribution in [2.45, 2.75) is 46.6 Å². The normalized spacial score (nSPS) is 19.7. The van der Waals surface area contributed by atoms with Crippen molar-refractivity contribution in [1.82, 2.24) is 4.90 Å². The second-order valence-corrected chi connectivity index (χ2v) is 5.40. The summed E-state index contributed by atoms with van der Waals surface area (Å²) in [5.74, 6) is 0.571. The summed E-state index contributed by atoms with van der Waals surface area (Å²) >= 11 is 0. The van der Waals surface area contributed by atoms with Crippen LogP contribution in [-0.2, 0) is 4.79 Å². The highest BCUT2D eigenvalue weighted by molar-refractivity contribution is 5.82. The largest absolute Gasteiger partial charge is 0.393 e. The molecule has 1 amide bonds. The number of carbonyl (C=O) groups is 1. The van der Waals surface area contributed by atoms with Gasteiger partial charge in [0.25, 0.3) is 0 Å². The average Bonchev–Trinajstić information content (AvgIpc) is 2.17. The van der Waals surface area contributed by atoms with Gasteiger partial charge in [-0.15, -0.1) is 0 Å². The Bertz CT molecular complexity index is 228. The van der Waals surface area contributed by atoms with Crippen LogP contribution in [0.3, 0.4) is 0 Å². The molecular formula is C12H23NO2. The molecule has 3 nitrogen and oxygen atoms in total. The van der Waals surface area contributed by atoms with E-state index in [2.05, 4.69) is 13.8 Å². The summed E-state index contributed by atoms with van der Waals surface area (Å²) in [6.07, 6.45) is 1.23. The maximum atomic E-state index is 12.2. The molecule has 0 aliphatic carbocycles. The molecule has 1 aliphatic heterocycles. The zero-order valence-corrected chi connectivity index (χ0v) is 10.3. The van der Waals surface area contributed by atoms with Crippen LogP contribution in [0.5, 0.6) is 0 Å². The molecule has 15 heavy (non-hydrogen) atoms. The van der Waals surface area contributed by atoms with E-state index in [1.807, 2.05) is 18.7 Å². The quantitative estimate of drug-likeness (QED) is 0.757. The maximum absolute atomic E-state index is 12.2. The summed E-state index contributed by atoms with van der Waals surface area (Å²) in [5, 5.41) is 9.38. The van der Waals surface area contributed by atoms with Gasteiger partial charge in [-0.2, -0.15) is 0 Å². The second kappa shape index (κ2) is 4.52. The van der Waals surface area contributed by atoms with E-state index in [0.717, 1.165) is 12.8 Å². The highest BCUT2D eigenvalue weighted by Crippen LogP contribution is 2.29. The lowest BCUT2D eigenvalue weighted by atomic mass is 9.79. The number of rotatable bonds is 2. The van der Waals surface area contributed by atoms with Gasteiger partial charge < -0.3 is 10.0 Å². The third-order valence-corrected chi connectivity index (χ3v) is 3.75. The van der Waals surface area contributed by atoms with E-state index < -0.39 is 0 Å². The Morgan fingerprint density at radius 1 is 1.33 bits per heavy atom. The lowest BCUT2D eigenvalue weighted by molar-refractivity contribution is -0.144. The zero-order chi connectivity index (χ0) is 11.6. The Hall–Kier alpha value is -0.570. The van der Waals surface area contributed by atoms with Gasteiger partial charge in [-0.1, -0.05) is 27.7 Å². The average molecular weight is 213 g/mol. The minimum atomic E-state index is -0.289. The van der Waals surface area contributed by atoms with Crippen LogP contribution in [-0.4, -0.2) is 35.1 Å². The number of nitrogens with zero attached hydrogens (tertiary/aromatic N) is 1. The summed E-state index contributed by atoms with van der Waals surface area (Å²) in [7, 11) is 0. The van der Waals surface area contributed by atoms with Crippen LogP contribution in [0.4, 0.5) is 0 Å². The fourth-order valence-electron chi connectivity index (χ4n) is 1.72. The molecule has 0 saturated carbocycles. The number of hydrogen-bond acceptors (Lipinski definition) is 2. The van der Waals surface area contributed by atoms with Crippen molar-refractivity contribution >= 4 is 5.91 Å². The predicted octanol–water partition coefficient (Wildman–Crippen LogP) is 1.65. The molecule has 0 aromatic rings. The molecule has 88 valence electrons. The van der Waals surface area contributed by atoms with Crippen LogP contribution in [0.1, 0.15) is 40.5 Å². The van der Waals surface area contributed by atoms with Gasteiger partial charge in [0.15, 0.2) is 0 Å². The Morgan fingerprint density at radius 2 is 1.80 bits per heavy atom. The Labute approximate surface area is 92.5 Å². The van der Waals surface area contributed by atoms with Gasteiger partial charge in [0, 0.05) is 18.5 Å². The molecule has 1 rings (SSSR count). The summed E-state index contributed by atoms with van der Waals surface area (Å²) in [4.78, 5) is 14.1. The molecule has 0 radical (unpaired) electrons. The lowest BCUT2D eigenvalue weighted by Gasteiger charge is -2.37. The molecule has 1 heterocycles. The first kappa shape index (κ1) is 12.5. The van der Waals surface area contributed by atoms with Crippen molar-refractivity contribution in [3.05, 3.63) is 0 Å². The molecule has 0 atom stereocenters. The first-order chi connectivity index (χ1) is 6.85. The molecular weight excluding hydrogens is 190 g/mol. The summed E-state index contributed by atoms with van der Waals surface area (Å²) in [5.41, 5.74) is -0.289. The monoisotopic (exact) mass is 213 g/mol. The number of piperidine rings is 1. The molecule has 1 fully saturated rings. The number of aliphatic hydroxyl groups excluding tert-OH is 1. The minimum Gasteiger partial charge on any atom is -0.393 e. The smallest absolute Gasteiger partial charge is 0.228 e. The van der Waals surface area contributed by atoms with Gasteiger partial charge in [0.1, 0.15) is 0 Å². The number of amides is 1. The van der Waals surface area contributed by atoms with Gasteiger partial charge in [-0.25, -0.2) is 0 Å². The van der Waals surface area contributed by atoms with Gasteiger partial charge in [-0.05, 0) is 18.8 Å². The Balaban J connectivity index is 2.61. The fourth-order valence-corrected chi connectivity index (χ4v) is 1.72. The molecule has 0 unspecified atom stereocenters. The second-order valence-electron chi connectivity index (χ2n) is 5.40. The molecule has 0 aromatic heterocycles. The van der Waals surface area contributed by atoms with E-state index >= 15 is 0 Å². The van der Waals surface area contributed by atoms with E-state index in [1.165, 1.54) is 0 Å². The van der Waals surface area contributed by atoms with Crippen LogP contribution in [0.2, 0.25) is 0 Å². The van der Waals surface area contributed by atoms with E-state index in [9.17, 15) is 9.90 Å². The van der Waals surface area contributed by atoms with Crippen molar-refractivity contribution < 1.29 is 9.90 Å². The topological polar surface area (TPSA) is 40.5 Å². The SMILES string of the molecule is CC(C)C(C)(C)C(=O)N1CCC(O)CC1. The molecule has 1 aliphatic rings. The summed E-state index contributed by atoms with van der Waals surface area (Å²) in [6, 6.07) is 0. The van der Waals surface area contributed by atoms with Crippen molar-refractivity contribution in [3.63, 3.8) is 0 Å². The van der Waals surface area contributed by atoms with Crippen molar-refractivity contribution in [1.29, 1.82) is 0 Å². The number of hydrogen-bond donors (Lipinski definition) is 1. The third-order valence-electron chi connectivity index (χ3n) is 3.75. The first-order valence-corrected chi connectivity index (χ1v) is 5.83. The highest BCUT2D eigenvalue weighted by atomic mass is 16.3. The lowest BCUT2D eigenvalue weighted by Crippen LogP contribution is -2.47. The van der Waals surface area contributed by atoms with E-state index in [1.54, 1.807) is 0 Å². The molecule has 1 saturated heterocycles. The van der Waals surface area contributed by atoms with Crippen molar-refractivity contribution in [2.75, 3.05) is 13.1 Å². The highest BCUT2D eigenvalue weighted by Gasteiger charge is 2.35. The number of carbonyl (C=O) groups excluding carboxylic acids is 1. The summed E-state index contributed by atoms with van der Waals surface area (Å²) < 4.78 is 0. The van der Waals surface area contributed by atoms with Crippen LogP contribution >= 0.6 is 0 Å². The van der Waals surface area contributed by atoms with Gasteiger partial charge in [0.05, 0.1) is 6.10 Å². The minimum absolute atomic E-state index is 0.212. The van der Waals surface area contributed by atoms with Crippen LogP contribution in [0, 0.1) is 11.3 Å². The van der Waals surface area contributed by atoms with E-state index in [0.29, 0.717) is 19.0 Å². The molecule has 3 heteroatoms. The molecule has 1 N–H and O–H groups in total. The van der Waals surface area contributed by atoms with Crippen LogP contribution in [0.15, 0.2) is 0 Å². The molecule has 0 spiro atoms. The zero-order valence-electron chi connectivity index (χ0n) is 10.3. The van der Waals surface area contributed by atoms with E-state index in [4.69, 9.17) is 0 Å². The standard InChI is InChI=1S/C12H23NO2/c1-9(2)12(3,4)11(15)13-7-5-10(14)6-8-13/h9-10,14H,5-8H2,1-4H3. The van der Waals surface area contributed by atoms with Crippen molar-refractivity contribution in [2.24, 2.45) is 11.3 Å². The van der Waals surface area contributed by atoms with Gasteiger partial charge in [0.2, 0.25) is 5.91 Å². The summed E-state index contributed by atoms with van der Waals surface area (Å²) in [6.45, 7) is 9.58. The number of aliphatic hydroxyl groups is 1. The van der Waals surface area contributed by atoms with E-state index in [-0.39, 0.29) is 17.4 Å². The predicted molar refractivity (Wildman–Crippen MR) is 60.4 cm³/mol. The maximum Gasteiger partial charge on any atom is 0.228 e. The van der Waals surface area contributed by atoms with Crippen LogP contribution < -0.4 is 0 Å². The number of likely N-dealkylation sites (tertiary alicyclic amines) is 1. The molecule has 0 bridgehead atoms. The fraction of sp³-hybridized carbons (Fsp3) is 0.917. The molecule has 0 aromatic carbocycles. The third kappa shape index (κ3) is 2.71. The Morgan fingerprint density at radius 3 is 2.20 bits per heavy atom.